The van der Waals surface area contributed by atoms with Gasteiger partial charge in [-0.15, -0.1) is 24.0 Å². The minimum Gasteiger partial charge on any atom is -0.357 e. The van der Waals surface area contributed by atoms with E-state index >= 15 is 0 Å². The summed E-state index contributed by atoms with van der Waals surface area (Å²) in [5.74, 6) is 1.16. The molecule has 1 aliphatic rings. The van der Waals surface area contributed by atoms with Crippen LogP contribution in [0.2, 0.25) is 0 Å². The maximum Gasteiger partial charge on any atom is 0.213 e. The summed E-state index contributed by atoms with van der Waals surface area (Å²) in [4.78, 5) is 6.76. The molecule has 166 valence electrons. The number of likely N-dealkylation sites (tertiary alicyclic amines) is 1. The number of sulfonamides is 1. The normalized spacial score (nSPS) is 17.1. The van der Waals surface area contributed by atoms with Crippen molar-refractivity contribution >= 4 is 40.0 Å². The van der Waals surface area contributed by atoms with Gasteiger partial charge in [0.05, 0.1) is 18.5 Å². The van der Waals surface area contributed by atoms with E-state index in [0.717, 1.165) is 37.6 Å². The lowest BCUT2D eigenvalue weighted by Crippen LogP contribution is -2.40. The zero-order valence-electron chi connectivity index (χ0n) is 17.5. The lowest BCUT2D eigenvalue weighted by molar-refractivity contribution is 0.486. The summed E-state index contributed by atoms with van der Waals surface area (Å²) in [6.45, 7) is 5.03. The number of aromatic nitrogens is 2. The van der Waals surface area contributed by atoms with Crippen LogP contribution >= 0.6 is 24.0 Å². The third-order valence-corrected chi connectivity index (χ3v) is 6.28. The monoisotopic (exact) mass is 546 g/mol. The van der Waals surface area contributed by atoms with Gasteiger partial charge >= 0.3 is 0 Å². The van der Waals surface area contributed by atoms with Crippen LogP contribution in [0, 0.1) is 0 Å². The van der Waals surface area contributed by atoms with Gasteiger partial charge in [-0.05, 0) is 24.5 Å². The molecule has 0 aliphatic carbocycles. The second-order valence-corrected chi connectivity index (χ2v) is 9.17. The second-order valence-electron chi connectivity index (χ2n) is 7.24. The zero-order chi connectivity index (χ0) is 20.7. The summed E-state index contributed by atoms with van der Waals surface area (Å²) in [6, 6.07) is 9.50. The predicted octanol–water partition coefficient (Wildman–Crippen LogP) is 1.91. The van der Waals surface area contributed by atoms with Gasteiger partial charge in [0.2, 0.25) is 10.0 Å². The summed E-state index contributed by atoms with van der Waals surface area (Å²) in [5.41, 5.74) is 2.17. The summed E-state index contributed by atoms with van der Waals surface area (Å²) >= 11 is 0. The highest BCUT2D eigenvalue weighted by atomic mass is 127. The number of hydrogen-bond donors (Lipinski definition) is 2. The van der Waals surface area contributed by atoms with E-state index in [4.69, 9.17) is 0 Å². The van der Waals surface area contributed by atoms with Crippen LogP contribution in [0.1, 0.15) is 30.4 Å². The molecule has 1 aromatic carbocycles. The maximum atomic E-state index is 12.3. The number of rotatable bonds is 8. The molecule has 2 N–H and O–H groups in total. The second kappa shape index (κ2) is 11.7. The van der Waals surface area contributed by atoms with Crippen LogP contribution in [0.25, 0.3) is 0 Å². The Bertz CT molecular complexity index is 916. The summed E-state index contributed by atoms with van der Waals surface area (Å²) in [7, 11) is -1.45. The fourth-order valence-electron chi connectivity index (χ4n) is 3.43. The predicted molar refractivity (Wildman–Crippen MR) is 131 cm³/mol. The van der Waals surface area contributed by atoms with Crippen molar-refractivity contribution in [1.82, 2.24) is 24.7 Å². The summed E-state index contributed by atoms with van der Waals surface area (Å²) < 4.78 is 29.0. The van der Waals surface area contributed by atoms with E-state index in [9.17, 15) is 8.42 Å². The molecule has 30 heavy (non-hydrogen) atoms. The third kappa shape index (κ3) is 7.24. The first-order valence-corrected chi connectivity index (χ1v) is 11.6. The molecule has 10 heteroatoms. The number of nitrogens with one attached hydrogen (secondary N) is 2. The zero-order valence-corrected chi connectivity index (χ0v) is 20.6. The molecule has 1 aromatic heterocycles. The molecule has 2 aromatic rings. The minimum atomic E-state index is -3.38. The lowest BCUT2D eigenvalue weighted by Gasteiger charge is -2.21. The molecule has 0 spiro atoms. The molecule has 0 radical (unpaired) electrons. The third-order valence-electron chi connectivity index (χ3n) is 4.98. The van der Waals surface area contributed by atoms with Crippen molar-refractivity contribution in [2.45, 2.75) is 25.8 Å². The van der Waals surface area contributed by atoms with E-state index in [1.54, 1.807) is 0 Å². The van der Waals surface area contributed by atoms with Crippen LogP contribution in [0.15, 0.2) is 47.7 Å². The van der Waals surface area contributed by atoms with Crippen LogP contribution in [-0.4, -0.2) is 61.0 Å². The number of nitrogens with zero attached hydrogens (tertiary/aromatic N) is 4. The molecule has 2 heterocycles. The molecular weight excluding hydrogens is 515 g/mol. The van der Waals surface area contributed by atoms with Crippen molar-refractivity contribution in [3.63, 3.8) is 0 Å². The van der Waals surface area contributed by atoms with E-state index in [2.05, 4.69) is 31.2 Å². The van der Waals surface area contributed by atoms with Gasteiger partial charge in [-0.2, -0.15) is 5.10 Å². The van der Waals surface area contributed by atoms with E-state index in [0.29, 0.717) is 12.5 Å². The van der Waals surface area contributed by atoms with Gasteiger partial charge in [-0.25, -0.2) is 13.1 Å². The first-order valence-electron chi connectivity index (χ1n) is 10.00. The van der Waals surface area contributed by atoms with Crippen LogP contribution in [0.5, 0.6) is 0 Å². The Morgan fingerprint density at radius 3 is 2.73 bits per heavy atom. The highest BCUT2D eigenvalue weighted by molar-refractivity contribution is 14.0. The smallest absolute Gasteiger partial charge is 0.213 e. The van der Waals surface area contributed by atoms with Crippen molar-refractivity contribution in [3.8, 4) is 0 Å². The fourth-order valence-corrected chi connectivity index (χ4v) is 4.30. The van der Waals surface area contributed by atoms with E-state index in [1.807, 2.05) is 55.2 Å². The Kier molecular flexibility index (Phi) is 9.56. The van der Waals surface area contributed by atoms with Gasteiger partial charge < -0.3 is 10.2 Å². The maximum absolute atomic E-state index is 12.3. The van der Waals surface area contributed by atoms with Crippen molar-refractivity contribution in [1.29, 1.82) is 0 Å². The standard InChI is InChI=1S/C20H30N6O2S.HI/c1-3-21-20(26-11-9-18(16-26)19-14-23-25(2)15-19)22-10-12-29(27,28)24-13-17-7-5-4-6-8-17;/h4-8,14-15,18,24H,3,9-13,16H2,1-2H3,(H,21,22);1H. The quantitative estimate of drug-likeness (QED) is 0.300. The molecule has 0 saturated carbocycles. The molecule has 0 bridgehead atoms. The molecule has 0 amide bonds. The van der Waals surface area contributed by atoms with E-state index in [-0.39, 0.29) is 36.3 Å². The summed E-state index contributed by atoms with van der Waals surface area (Å²) in [6.07, 6.45) is 5.01. The average molecular weight is 546 g/mol. The van der Waals surface area contributed by atoms with E-state index in [1.165, 1.54) is 5.56 Å². The van der Waals surface area contributed by atoms with E-state index < -0.39 is 10.0 Å². The summed E-state index contributed by atoms with van der Waals surface area (Å²) in [5, 5.41) is 7.55. The molecule has 1 unspecified atom stereocenters. The van der Waals surface area contributed by atoms with Gasteiger partial charge in [0, 0.05) is 45.3 Å². The highest BCUT2D eigenvalue weighted by Gasteiger charge is 2.27. The molecule has 8 nitrogen and oxygen atoms in total. The molecule has 1 saturated heterocycles. The fraction of sp³-hybridized carbons (Fsp3) is 0.500. The first-order chi connectivity index (χ1) is 14.0. The molecule has 1 aliphatic heterocycles. The highest BCUT2D eigenvalue weighted by Crippen LogP contribution is 2.26. The van der Waals surface area contributed by atoms with Crippen LogP contribution in [0.3, 0.4) is 0 Å². The van der Waals surface area contributed by atoms with Crippen LogP contribution < -0.4 is 10.0 Å². The van der Waals surface area contributed by atoms with Gasteiger partial charge in [0.1, 0.15) is 0 Å². The molecule has 3 rings (SSSR count). The SMILES string of the molecule is CCNC(=NCCS(=O)(=O)NCc1ccccc1)N1CCC(c2cnn(C)c2)C1.I. The number of halogens is 1. The van der Waals surface area contributed by atoms with Crippen molar-refractivity contribution in [2.24, 2.45) is 12.0 Å². The molecule has 1 fully saturated rings. The minimum absolute atomic E-state index is 0. The Morgan fingerprint density at radius 1 is 1.30 bits per heavy atom. The topological polar surface area (TPSA) is 91.6 Å². The number of aliphatic imine (C=N–C) groups is 1. The van der Waals surface area contributed by atoms with Gasteiger partial charge in [-0.1, -0.05) is 30.3 Å². The van der Waals surface area contributed by atoms with Crippen LogP contribution in [-0.2, 0) is 23.6 Å². The largest absolute Gasteiger partial charge is 0.357 e. The Morgan fingerprint density at radius 2 is 2.07 bits per heavy atom. The van der Waals surface area contributed by atoms with Gasteiger partial charge in [-0.3, -0.25) is 9.67 Å². The average Bonchev–Trinajstić information content (AvgIpc) is 3.36. The van der Waals surface area contributed by atoms with Gasteiger partial charge in [0.15, 0.2) is 5.96 Å². The van der Waals surface area contributed by atoms with Crippen LogP contribution in [0.4, 0.5) is 0 Å². The Balaban J connectivity index is 0.00000320. The number of benzene rings is 1. The number of aryl methyl sites for hydroxylation is 1. The molecular formula is C20H31IN6O2S. The Hall–Kier alpha value is -1.66. The Labute approximate surface area is 196 Å². The van der Waals surface area contributed by atoms with Crippen molar-refractivity contribution in [2.75, 3.05) is 31.9 Å². The lowest BCUT2D eigenvalue weighted by atomic mass is 10.0. The van der Waals surface area contributed by atoms with Gasteiger partial charge in [0.25, 0.3) is 0 Å². The first kappa shape index (κ1) is 24.6. The number of guanidine groups is 1. The van der Waals surface area contributed by atoms with Crippen molar-refractivity contribution in [3.05, 3.63) is 53.9 Å². The van der Waals surface area contributed by atoms with Crippen molar-refractivity contribution < 1.29 is 8.42 Å². The number of hydrogen-bond acceptors (Lipinski definition) is 4. The molecule has 1 atom stereocenters.